The van der Waals surface area contributed by atoms with Gasteiger partial charge in [0.15, 0.2) is 0 Å². The molecule has 1 aliphatic carbocycles. The highest BCUT2D eigenvalue weighted by Gasteiger charge is 2.21. The number of hydrogen-bond acceptors (Lipinski definition) is 2. The van der Waals surface area contributed by atoms with Crippen LogP contribution in [-0.2, 0) is 0 Å². The summed E-state index contributed by atoms with van der Waals surface area (Å²) in [4.78, 5) is 2.21. The molecule has 2 nitrogen and oxygen atoms in total. The number of nitrogens with zero attached hydrogens (tertiary/aromatic N) is 1. The molecular weight excluding hydrogens is 287 g/mol. The molecule has 0 radical (unpaired) electrons. The molecular formula is C20H31FN2. The minimum atomic E-state index is -0.0612. The average Bonchev–Trinajstić information content (AvgIpc) is 2.55. The van der Waals surface area contributed by atoms with E-state index in [1.165, 1.54) is 44.9 Å². The van der Waals surface area contributed by atoms with Crippen LogP contribution >= 0.6 is 0 Å². The van der Waals surface area contributed by atoms with E-state index in [1.807, 2.05) is 6.07 Å². The molecule has 2 fully saturated rings. The van der Waals surface area contributed by atoms with E-state index in [2.05, 4.69) is 30.1 Å². The van der Waals surface area contributed by atoms with Crippen molar-refractivity contribution in [1.29, 1.82) is 0 Å². The first kappa shape index (κ1) is 16.8. The molecule has 0 amide bonds. The van der Waals surface area contributed by atoms with Crippen molar-refractivity contribution in [2.24, 2.45) is 5.92 Å². The average molecular weight is 318 g/mol. The minimum absolute atomic E-state index is 0.0612. The maximum Gasteiger partial charge on any atom is 0.146 e. The number of rotatable bonds is 4. The van der Waals surface area contributed by atoms with Gasteiger partial charge in [-0.15, -0.1) is 0 Å². The molecule has 1 heterocycles. The van der Waals surface area contributed by atoms with Crippen LogP contribution in [0, 0.1) is 11.7 Å². The Morgan fingerprint density at radius 2 is 1.91 bits per heavy atom. The van der Waals surface area contributed by atoms with Gasteiger partial charge in [0.2, 0.25) is 0 Å². The lowest BCUT2D eigenvalue weighted by molar-refractivity contribution is 0.346. The van der Waals surface area contributed by atoms with Crippen LogP contribution in [0.3, 0.4) is 0 Å². The zero-order valence-corrected chi connectivity index (χ0v) is 14.7. The first-order chi connectivity index (χ1) is 11.1. The zero-order chi connectivity index (χ0) is 16.2. The van der Waals surface area contributed by atoms with Crippen LogP contribution in [0.1, 0.15) is 70.4 Å². The molecule has 1 aromatic carbocycles. The van der Waals surface area contributed by atoms with Gasteiger partial charge in [0, 0.05) is 25.2 Å². The fourth-order valence-corrected chi connectivity index (χ4v) is 4.18. The smallest absolute Gasteiger partial charge is 0.146 e. The van der Waals surface area contributed by atoms with Crippen LogP contribution in [0.4, 0.5) is 10.1 Å². The SMILES string of the molecule is C[C@H]1CCCN(c2ccc([C@H](C)NC3CCCCC3)cc2F)C1. The highest BCUT2D eigenvalue weighted by Crippen LogP contribution is 2.28. The summed E-state index contributed by atoms with van der Waals surface area (Å²) in [5.41, 5.74) is 1.85. The van der Waals surface area contributed by atoms with E-state index in [1.54, 1.807) is 6.07 Å². The Hall–Kier alpha value is -1.09. The molecule has 0 spiro atoms. The van der Waals surface area contributed by atoms with E-state index >= 15 is 0 Å². The third kappa shape index (κ3) is 4.26. The van der Waals surface area contributed by atoms with Crippen molar-refractivity contribution >= 4 is 5.69 Å². The molecule has 2 aliphatic rings. The third-order valence-corrected chi connectivity index (χ3v) is 5.56. The van der Waals surface area contributed by atoms with Crippen LogP contribution in [0.25, 0.3) is 0 Å². The molecule has 0 aromatic heterocycles. The molecule has 3 rings (SSSR count). The van der Waals surface area contributed by atoms with Gasteiger partial charge in [0.25, 0.3) is 0 Å². The van der Waals surface area contributed by atoms with E-state index in [9.17, 15) is 4.39 Å². The molecule has 1 saturated heterocycles. The predicted molar refractivity (Wildman–Crippen MR) is 95.4 cm³/mol. The number of piperidine rings is 1. The van der Waals surface area contributed by atoms with Crippen LogP contribution in [0.5, 0.6) is 0 Å². The van der Waals surface area contributed by atoms with Gasteiger partial charge in [0.05, 0.1) is 5.69 Å². The van der Waals surface area contributed by atoms with Gasteiger partial charge in [-0.1, -0.05) is 32.3 Å². The predicted octanol–water partition coefficient (Wildman–Crippen LogP) is 5.05. The topological polar surface area (TPSA) is 15.3 Å². The lowest BCUT2D eigenvalue weighted by Gasteiger charge is -2.33. The van der Waals surface area contributed by atoms with E-state index in [-0.39, 0.29) is 11.9 Å². The summed E-state index contributed by atoms with van der Waals surface area (Å²) >= 11 is 0. The molecule has 1 aliphatic heterocycles. The van der Waals surface area contributed by atoms with Gasteiger partial charge in [-0.05, 0) is 56.2 Å². The fourth-order valence-electron chi connectivity index (χ4n) is 4.18. The molecule has 128 valence electrons. The van der Waals surface area contributed by atoms with E-state index in [0.29, 0.717) is 12.0 Å². The Kier molecular flexibility index (Phi) is 5.58. The molecule has 0 bridgehead atoms. The standard InChI is InChI=1S/C20H31FN2/c1-15-7-6-12-23(14-15)20-11-10-17(13-19(20)21)16(2)22-18-8-4-3-5-9-18/h10-11,13,15-16,18,22H,3-9,12,14H2,1-2H3/t15-,16-/m0/s1. The quantitative estimate of drug-likeness (QED) is 0.836. The normalized spacial score (nSPS) is 24.7. The Balaban J connectivity index is 1.65. The van der Waals surface area contributed by atoms with Crippen molar-refractivity contribution in [3.05, 3.63) is 29.6 Å². The number of hydrogen-bond donors (Lipinski definition) is 1. The Labute approximate surface area is 140 Å². The summed E-state index contributed by atoms with van der Waals surface area (Å²) in [6.45, 7) is 6.38. The monoisotopic (exact) mass is 318 g/mol. The van der Waals surface area contributed by atoms with Crippen molar-refractivity contribution in [2.45, 2.75) is 70.9 Å². The summed E-state index contributed by atoms with van der Waals surface area (Å²) in [6, 6.07) is 6.67. The Morgan fingerprint density at radius 3 is 2.61 bits per heavy atom. The third-order valence-electron chi connectivity index (χ3n) is 5.56. The number of nitrogens with one attached hydrogen (secondary N) is 1. The second kappa shape index (κ2) is 7.65. The van der Waals surface area contributed by atoms with Crippen molar-refractivity contribution in [2.75, 3.05) is 18.0 Å². The van der Waals surface area contributed by atoms with Gasteiger partial charge in [-0.25, -0.2) is 4.39 Å². The summed E-state index contributed by atoms with van der Waals surface area (Å²) < 4.78 is 14.6. The van der Waals surface area contributed by atoms with Gasteiger partial charge >= 0.3 is 0 Å². The summed E-state index contributed by atoms with van der Waals surface area (Å²) in [5, 5.41) is 3.69. The van der Waals surface area contributed by atoms with Crippen LogP contribution in [0.15, 0.2) is 18.2 Å². The van der Waals surface area contributed by atoms with Crippen LogP contribution in [0.2, 0.25) is 0 Å². The molecule has 0 unspecified atom stereocenters. The maximum absolute atomic E-state index is 14.6. The highest BCUT2D eigenvalue weighted by atomic mass is 19.1. The molecule has 1 saturated carbocycles. The largest absolute Gasteiger partial charge is 0.369 e. The van der Waals surface area contributed by atoms with Crippen molar-refractivity contribution in [1.82, 2.24) is 5.32 Å². The molecule has 1 N–H and O–H groups in total. The number of anilines is 1. The van der Waals surface area contributed by atoms with E-state index in [0.717, 1.165) is 24.3 Å². The molecule has 1 aromatic rings. The minimum Gasteiger partial charge on any atom is -0.369 e. The van der Waals surface area contributed by atoms with Gasteiger partial charge in [-0.2, -0.15) is 0 Å². The summed E-state index contributed by atoms with van der Waals surface area (Å²) in [5.74, 6) is 0.601. The van der Waals surface area contributed by atoms with E-state index in [4.69, 9.17) is 0 Å². The van der Waals surface area contributed by atoms with Gasteiger partial charge in [-0.3, -0.25) is 0 Å². The molecule has 3 heteroatoms. The summed E-state index contributed by atoms with van der Waals surface area (Å²) in [7, 11) is 0. The summed E-state index contributed by atoms with van der Waals surface area (Å²) in [6.07, 6.45) is 8.97. The lowest BCUT2D eigenvalue weighted by Crippen LogP contribution is -2.35. The highest BCUT2D eigenvalue weighted by molar-refractivity contribution is 5.50. The first-order valence-corrected chi connectivity index (χ1v) is 9.44. The Morgan fingerprint density at radius 1 is 1.13 bits per heavy atom. The number of benzene rings is 1. The van der Waals surface area contributed by atoms with Crippen molar-refractivity contribution in [3.63, 3.8) is 0 Å². The van der Waals surface area contributed by atoms with Gasteiger partial charge < -0.3 is 10.2 Å². The van der Waals surface area contributed by atoms with Crippen LogP contribution < -0.4 is 10.2 Å². The first-order valence-electron chi connectivity index (χ1n) is 9.44. The van der Waals surface area contributed by atoms with Crippen LogP contribution in [-0.4, -0.2) is 19.1 Å². The van der Waals surface area contributed by atoms with Crippen molar-refractivity contribution in [3.8, 4) is 0 Å². The lowest BCUT2D eigenvalue weighted by atomic mass is 9.94. The fraction of sp³-hybridized carbons (Fsp3) is 0.700. The Bertz CT molecular complexity index is 510. The molecule has 23 heavy (non-hydrogen) atoms. The maximum atomic E-state index is 14.6. The zero-order valence-electron chi connectivity index (χ0n) is 14.7. The second-order valence-corrected chi connectivity index (χ2v) is 7.63. The van der Waals surface area contributed by atoms with Crippen molar-refractivity contribution < 1.29 is 4.39 Å². The van der Waals surface area contributed by atoms with Gasteiger partial charge in [0.1, 0.15) is 5.82 Å². The van der Waals surface area contributed by atoms with E-state index < -0.39 is 0 Å². The second-order valence-electron chi connectivity index (χ2n) is 7.63. The number of halogens is 1. The molecule has 2 atom stereocenters.